The smallest absolute Gasteiger partial charge is 0.274 e. The van der Waals surface area contributed by atoms with Crippen molar-refractivity contribution in [3.8, 4) is 0 Å². The van der Waals surface area contributed by atoms with E-state index in [9.17, 15) is 9.59 Å². The minimum atomic E-state index is -0.251. The number of carbonyl (C=O) groups excluding carboxylic acids is 2. The lowest BCUT2D eigenvalue weighted by Crippen LogP contribution is -2.15. The Kier molecular flexibility index (Phi) is 3.87. The number of aromatic nitrogens is 1. The minimum absolute atomic E-state index is 0.0701. The Hall–Kier alpha value is -2.69. The van der Waals surface area contributed by atoms with E-state index in [0.29, 0.717) is 11.4 Å². The topological polar surface area (TPSA) is 71.1 Å². The zero-order valence-corrected chi connectivity index (χ0v) is 12.3. The van der Waals surface area contributed by atoms with E-state index in [1.54, 1.807) is 36.4 Å². The molecule has 3 rings (SSSR count). The molecular weight excluding hydrogens is 278 g/mol. The van der Waals surface area contributed by atoms with Crippen LogP contribution in [0.25, 0.3) is 0 Å². The van der Waals surface area contributed by atoms with Gasteiger partial charge in [-0.15, -0.1) is 0 Å². The summed E-state index contributed by atoms with van der Waals surface area (Å²) in [5, 5.41) is 5.65. The Morgan fingerprint density at radius 1 is 1.00 bits per heavy atom. The highest BCUT2D eigenvalue weighted by Gasteiger charge is 2.29. The molecule has 1 aliphatic carbocycles. The number of pyridine rings is 1. The number of nitrogens with one attached hydrogen (secondary N) is 2. The van der Waals surface area contributed by atoms with Gasteiger partial charge in [0.1, 0.15) is 5.69 Å². The first-order valence-corrected chi connectivity index (χ1v) is 7.28. The Balaban J connectivity index is 1.63. The molecule has 112 valence electrons. The van der Waals surface area contributed by atoms with Crippen molar-refractivity contribution in [1.29, 1.82) is 0 Å². The van der Waals surface area contributed by atoms with Gasteiger partial charge >= 0.3 is 0 Å². The van der Waals surface area contributed by atoms with Gasteiger partial charge in [-0.25, -0.2) is 4.98 Å². The first-order valence-electron chi connectivity index (χ1n) is 7.28. The third-order valence-corrected chi connectivity index (χ3v) is 3.48. The highest BCUT2D eigenvalue weighted by molar-refractivity contribution is 6.03. The molecule has 5 nitrogen and oxygen atoms in total. The zero-order chi connectivity index (χ0) is 15.5. The molecule has 0 unspecified atom stereocenters. The highest BCUT2D eigenvalue weighted by Crippen LogP contribution is 2.30. The molecule has 2 N–H and O–H groups in total. The van der Waals surface area contributed by atoms with Crippen molar-refractivity contribution >= 4 is 23.2 Å². The number of hydrogen-bond acceptors (Lipinski definition) is 3. The average molecular weight is 295 g/mol. The van der Waals surface area contributed by atoms with Crippen LogP contribution in [0.1, 0.15) is 29.0 Å². The summed E-state index contributed by atoms with van der Waals surface area (Å²) in [7, 11) is 0. The van der Waals surface area contributed by atoms with E-state index < -0.39 is 0 Å². The quantitative estimate of drug-likeness (QED) is 0.911. The van der Waals surface area contributed by atoms with Crippen LogP contribution in [-0.4, -0.2) is 16.8 Å². The van der Waals surface area contributed by atoms with Crippen molar-refractivity contribution in [2.45, 2.75) is 19.8 Å². The lowest BCUT2D eigenvalue weighted by molar-refractivity contribution is -0.117. The molecule has 22 heavy (non-hydrogen) atoms. The van der Waals surface area contributed by atoms with Gasteiger partial charge in [0, 0.05) is 23.0 Å². The van der Waals surface area contributed by atoms with Gasteiger partial charge in [0.25, 0.3) is 5.91 Å². The second-order valence-corrected chi connectivity index (χ2v) is 5.46. The maximum atomic E-state index is 12.1. The maximum absolute atomic E-state index is 12.1. The van der Waals surface area contributed by atoms with E-state index in [1.165, 1.54) is 0 Å². The minimum Gasteiger partial charge on any atom is -0.326 e. The molecule has 0 bridgehead atoms. The number of benzene rings is 1. The van der Waals surface area contributed by atoms with Crippen LogP contribution in [0.3, 0.4) is 0 Å². The molecule has 1 heterocycles. The second-order valence-electron chi connectivity index (χ2n) is 5.46. The fraction of sp³-hybridized carbons (Fsp3) is 0.235. The summed E-state index contributed by atoms with van der Waals surface area (Å²) >= 11 is 0. The predicted molar refractivity (Wildman–Crippen MR) is 84.7 cm³/mol. The van der Waals surface area contributed by atoms with Crippen LogP contribution in [0.5, 0.6) is 0 Å². The van der Waals surface area contributed by atoms with Crippen LogP contribution in [0.15, 0.2) is 42.5 Å². The summed E-state index contributed by atoms with van der Waals surface area (Å²) in [4.78, 5) is 27.9. The highest BCUT2D eigenvalue weighted by atomic mass is 16.2. The molecule has 0 radical (unpaired) electrons. The number of nitrogens with zero attached hydrogens (tertiary/aromatic N) is 1. The zero-order valence-electron chi connectivity index (χ0n) is 12.3. The molecule has 1 aromatic heterocycles. The summed E-state index contributed by atoms with van der Waals surface area (Å²) in [6.07, 6.45) is 1.95. The van der Waals surface area contributed by atoms with Crippen LogP contribution in [-0.2, 0) is 4.79 Å². The van der Waals surface area contributed by atoms with Crippen LogP contribution in [0.2, 0.25) is 0 Å². The monoisotopic (exact) mass is 295 g/mol. The Bertz CT molecular complexity index is 706. The van der Waals surface area contributed by atoms with E-state index in [0.717, 1.165) is 24.2 Å². The van der Waals surface area contributed by atoms with Crippen molar-refractivity contribution in [3.63, 3.8) is 0 Å². The number of aryl methyl sites for hydroxylation is 1. The number of rotatable bonds is 4. The first-order chi connectivity index (χ1) is 10.6. The van der Waals surface area contributed by atoms with Gasteiger partial charge in [-0.3, -0.25) is 9.59 Å². The van der Waals surface area contributed by atoms with E-state index in [4.69, 9.17) is 0 Å². The van der Waals surface area contributed by atoms with Gasteiger partial charge in [0.15, 0.2) is 0 Å². The third-order valence-electron chi connectivity index (χ3n) is 3.48. The fourth-order valence-electron chi connectivity index (χ4n) is 2.09. The van der Waals surface area contributed by atoms with Gasteiger partial charge in [0.2, 0.25) is 5.91 Å². The van der Waals surface area contributed by atoms with E-state index in [1.807, 2.05) is 13.0 Å². The number of carbonyl (C=O) groups is 2. The molecule has 2 aromatic rings. The molecule has 1 fully saturated rings. The van der Waals surface area contributed by atoms with Gasteiger partial charge in [0.05, 0.1) is 0 Å². The number of hydrogen-bond donors (Lipinski definition) is 2. The van der Waals surface area contributed by atoms with Crippen LogP contribution in [0.4, 0.5) is 11.4 Å². The van der Waals surface area contributed by atoms with E-state index in [-0.39, 0.29) is 17.7 Å². The Labute approximate surface area is 128 Å². The second kappa shape index (κ2) is 5.97. The molecule has 2 amide bonds. The summed E-state index contributed by atoms with van der Waals surface area (Å²) in [6, 6.07) is 12.4. The van der Waals surface area contributed by atoms with Crippen LogP contribution >= 0.6 is 0 Å². The van der Waals surface area contributed by atoms with Gasteiger partial charge in [-0.2, -0.15) is 0 Å². The lowest BCUT2D eigenvalue weighted by atomic mass is 10.2. The molecule has 1 aromatic carbocycles. The van der Waals surface area contributed by atoms with Crippen molar-refractivity contribution in [1.82, 2.24) is 4.98 Å². The van der Waals surface area contributed by atoms with Gasteiger partial charge < -0.3 is 10.6 Å². The van der Waals surface area contributed by atoms with Crippen molar-refractivity contribution in [3.05, 3.63) is 53.9 Å². The van der Waals surface area contributed by atoms with E-state index >= 15 is 0 Å². The van der Waals surface area contributed by atoms with Crippen LogP contribution < -0.4 is 10.6 Å². The summed E-state index contributed by atoms with van der Waals surface area (Å²) in [6.45, 7) is 1.84. The molecule has 0 spiro atoms. The molecule has 5 heteroatoms. The maximum Gasteiger partial charge on any atom is 0.274 e. The molecule has 1 saturated carbocycles. The van der Waals surface area contributed by atoms with E-state index in [2.05, 4.69) is 15.6 Å². The molecule has 0 aliphatic heterocycles. The molecule has 1 aliphatic rings. The summed E-state index contributed by atoms with van der Waals surface area (Å²) in [5.74, 6) is -0.00835. The number of anilines is 2. The number of amides is 2. The third kappa shape index (κ3) is 3.49. The van der Waals surface area contributed by atoms with Crippen LogP contribution in [0, 0.1) is 12.8 Å². The SMILES string of the molecule is Cc1cccc(C(=O)Nc2ccc(NC(=O)C3CC3)cc2)n1. The Morgan fingerprint density at radius 3 is 2.23 bits per heavy atom. The first kappa shape index (κ1) is 14.3. The molecule has 0 atom stereocenters. The molecule has 0 saturated heterocycles. The van der Waals surface area contributed by atoms with Crippen molar-refractivity contribution < 1.29 is 9.59 Å². The predicted octanol–water partition coefficient (Wildman–Crippen LogP) is 2.99. The lowest BCUT2D eigenvalue weighted by Gasteiger charge is -2.07. The van der Waals surface area contributed by atoms with Gasteiger partial charge in [-0.05, 0) is 56.2 Å². The van der Waals surface area contributed by atoms with Crippen molar-refractivity contribution in [2.75, 3.05) is 10.6 Å². The standard InChI is InChI=1S/C17H17N3O2/c1-11-3-2-4-15(18-11)17(22)20-14-9-7-13(8-10-14)19-16(21)12-5-6-12/h2-4,7-10,12H,5-6H2,1H3,(H,19,21)(H,20,22). The van der Waals surface area contributed by atoms with Gasteiger partial charge in [-0.1, -0.05) is 6.07 Å². The summed E-state index contributed by atoms with van der Waals surface area (Å²) < 4.78 is 0. The summed E-state index contributed by atoms with van der Waals surface area (Å²) in [5.41, 5.74) is 2.58. The average Bonchev–Trinajstić information content (AvgIpc) is 3.34. The van der Waals surface area contributed by atoms with Crippen molar-refractivity contribution in [2.24, 2.45) is 5.92 Å². The molecular formula is C17H17N3O2. The fourth-order valence-corrected chi connectivity index (χ4v) is 2.09. The Morgan fingerprint density at radius 2 is 1.64 bits per heavy atom. The normalized spacial score (nSPS) is 13.5. The largest absolute Gasteiger partial charge is 0.326 e.